The number of nitrogens with zero attached hydrogens (tertiary/aromatic N) is 3. The van der Waals surface area contributed by atoms with Gasteiger partial charge in [0.15, 0.2) is 0 Å². The summed E-state index contributed by atoms with van der Waals surface area (Å²) < 4.78 is 22.6. The van der Waals surface area contributed by atoms with Crippen LogP contribution in [0.1, 0.15) is 43.6 Å². The van der Waals surface area contributed by atoms with Crippen LogP contribution in [0.25, 0.3) is 0 Å². The van der Waals surface area contributed by atoms with E-state index in [9.17, 15) is 4.91 Å². The van der Waals surface area contributed by atoms with Gasteiger partial charge in [0.05, 0.1) is 19.7 Å². The lowest BCUT2D eigenvalue weighted by Gasteiger charge is -2.51. The number of likely N-dealkylation sites (N-methyl/N-ethyl adjacent to an activating group) is 1. The molecule has 0 spiro atoms. The Hall–Kier alpha value is -3.65. The summed E-state index contributed by atoms with van der Waals surface area (Å²) in [6.07, 6.45) is 4.03. The third-order valence-corrected chi connectivity index (χ3v) is 8.69. The second-order valence-electron chi connectivity index (χ2n) is 12.4. The van der Waals surface area contributed by atoms with E-state index in [0.717, 1.165) is 16.1 Å². The molecular formula is C34H42FN4O2+3. The Kier molecular flexibility index (Phi) is 7.72. The molecule has 214 valence electrons. The monoisotopic (exact) mass is 557 g/mol. The second kappa shape index (κ2) is 11.0. The molecule has 0 bridgehead atoms. The molecule has 4 unspecified atom stereocenters. The first kappa shape index (κ1) is 28.9. The van der Waals surface area contributed by atoms with Gasteiger partial charge >= 0.3 is 18.2 Å². The van der Waals surface area contributed by atoms with E-state index in [1.165, 1.54) is 17.3 Å². The minimum absolute atomic E-state index is 0.193. The summed E-state index contributed by atoms with van der Waals surface area (Å²) in [7, 11) is 5.74. The average Bonchev–Trinajstić information content (AvgIpc) is 3.23. The zero-order valence-electron chi connectivity index (χ0n) is 25.0. The summed E-state index contributed by atoms with van der Waals surface area (Å²) in [4.78, 5) is 14.2. The zero-order valence-corrected chi connectivity index (χ0v) is 25.0. The number of quaternary nitrogens is 2. The third-order valence-electron chi connectivity index (χ3n) is 8.69. The summed E-state index contributed by atoms with van der Waals surface area (Å²) in [6, 6.07) is 25.0. The van der Waals surface area contributed by atoms with Crippen molar-refractivity contribution in [1.82, 2.24) is 5.32 Å². The Morgan fingerprint density at radius 2 is 1.71 bits per heavy atom. The largest absolute Gasteiger partial charge is 0.497 e. The van der Waals surface area contributed by atoms with Crippen LogP contribution in [0, 0.1) is 16.1 Å². The van der Waals surface area contributed by atoms with Crippen molar-refractivity contribution in [3.8, 4) is 5.75 Å². The first-order chi connectivity index (χ1) is 19.5. The molecule has 0 aliphatic carbocycles. The molecule has 3 aromatic rings. The summed E-state index contributed by atoms with van der Waals surface area (Å²) in [5.41, 5.74) is 3.67. The number of allylic oxidation sites excluding steroid dienone is 1. The lowest BCUT2D eigenvalue weighted by atomic mass is 9.83. The summed E-state index contributed by atoms with van der Waals surface area (Å²) >= 11 is 0. The highest BCUT2D eigenvalue weighted by molar-refractivity contribution is 5.31. The Bertz CT molecular complexity index is 1500. The molecule has 6 nitrogen and oxygen atoms in total. The standard InChI is InChI=1S/C34H42FN4O2/c1-34(2,3)31-21-28(19-26-15-10-11-18-30(26)35)38(5)32(39(31,24-36-4)23-25-13-8-7-9-14-25)22-37(40)33(38)27-16-12-17-29(20-27)41-6/h7-18,20-22,28,33,36H,19,23-24H2,1-6H3/q+3. The maximum atomic E-state index is 15.2. The van der Waals surface area contributed by atoms with Gasteiger partial charge in [-0.25, -0.2) is 4.39 Å². The maximum absolute atomic E-state index is 15.2. The number of methoxy groups -OCH3 is 1. The fraction of sp³-hybridized carbons (Fsp3) is 0.353. The molecule has 0 saturated carbocycles. The lowest BCUT2D eigenvalue weighted by molar-refractivity contribution is -1.08. The lowest BCUT2D eigenvalue weighted by Crippen LogP contribution is -2.67. The van der Waals surface area contributed by atoms with Crippen molar-refractivity contribution in [2.24, 2.45) is 5.41 Å². The highest BCUT2D eigenvalue weighted by Gasteiger charge is 2.70. The van der Waals surface area contributed by atoms with E-state index in [4.69, 9.17) is 4.74 Å². The van der Waals surface area contributed by atoms with Gasteiger partial charge in [-0.2, -0.15) is 8.97 Å². The van der Waals surface area contributed by atoms with Crippen molar-refractivity contribution < 1.29 is 22.9 Å². The first-order valence-corrected chi connectivity index (χ1v) is 14.2. The number of hydrogen-bond donors (Lipinski definition) is 1. The van der Waals surface area contributed by atoms with E-state index in [0.29, 0.717) is 39.9 Å². The number of hydrogen-bond acceptors (Lipinski definition) is 3. The number of nitrogens with one attached hydrogen (secondary N) is 1. The Balaban J connectivity index is 1.79. The fourth-order valence-corrected chi connectivity index (χ4v) is 6.99. The SMILES string of the molecule is CNC[N+]1(Cc2ccccc2)C(C(C)(C)C)=CC(Cc2ccccc2F)[N+]2(C)C1=C[N+](=O)C2c1cccc(OC)c1. The predicted octanol–water partition coefficient (Wildman–Crippen LogP) is 6.62. The molecule has 2 heterocycles. The van der Waals surface area contributed by atoms with Gasteiger partial charge in [-0.3, -0.25) is 5.32 Å². The molecule has 0 fully saturated rings. The van der Waals surface area contributed by atoms with E-state index in [-0.39, 0.29) is 17.3 Å². The number of fused-ring (bicyclic) bond motifs is 1. The molecule has 0 aromatic heterocycles. The Morgan fingerprint density at radius 3 is 2.37 bits per heavy atom. The van der Waals surface area contributed by atoms with Gasteiger partial charge in [0.1, 0.15) is 41.3 Å². The summed E-state index contributed by atoms with van der Waals surface area (Å²) in [6.45, 7) is 7.96. The summed E-state index contributed by atoms with van der Waals surface area (Å²) in [5, 5.41) is 3.47. The molecule has 0 radical (unpaired) electrons. The van der Waals surface area contributed by atoms with E-state index < -0.39 is 6.17 Å². The maximum Gasteiger partial charge on any atom is 0.376 e. The molecule has 1 N–H and O–H groups in total. The minimum atomic E-state index is -0.570. The van der Waals surface area contributed by atoms with Crippen LogP contribution in [0.4, 0.5) is 4.39 Å². The van der Waals surface area contributed by atoms with Crippen LogP contribution >= 0.6 is 0 Å². The molecule has 3 aromatic carbocycles. The highest BCUT2D eigenvalue weighted by Crippen LogP contribution is 2.54. The summed E-state index contributed by atoms with van der Waals surface area (Å²) in [5.74, 6) is 1.46. The topological polar surface area (TPSA) is 41.3 Å². The number of rotatable bonds is 8. The average molecular weight is 558 g/mol. The Morgan fingerprint density at radius 1 is 1.00 bits per heavy atom. The van der Waals surface area contributed by atoms with Crippen molar-refractivity contribution in [3.63, 3.8) is 0 Å². The van der Waals surface area contributed by atoms with E-state index in [2.05, 4.69) is 63.5 Å². The number of ether oxygens (including phenoxy) is 1. The molecule has 2 aliphatic rings. The van der Waals surface area contributed by atoms with Gasteiger partial charge in [0.25, 0.3) is 0 Å². The predicted molar refractivity (Wildman–Crippen MR) is 159 cm³/mol. The van der Waals surface area contributed by atoms with Crippen molar-refractivity contribution in [1.29, 1.82) is 0 Å². The van der Waals surface area contributed by atoms with Crippen LogP contribution in [0.5, 0.6) is 5.75 Å². The molecule has 41 heavy (non-hydrogen) atoms. The molecule has 2 aliphatic heterocycles. The van der Waals surface area contributed by atoms with Crippen LogP contribution in [-0.4, -0.2) is 47.6 Å². The van der Waals surface area contributed by atoms with Crippen LogP contribution in [0.3, 0.4) is 0 Å². The quantitative estimate of drug-likeness (QED) is 0.250. The number of benzene rings is 3. The second-order valence-corrected chi connectivity index (χ2v) is 12.4. The number of halogens is 1. The molecular weight excluding hydrogens is 515 g/mol. The molecule has 0 amide bonds. The first-order valence-electron chi connectivity index (χ1n) is 14.2. The van der Waals surface area contributed by atoms with Crippen LogP contribution in [-0.2, 0) is 13.0 Å². The smallest absolute Gasteiger partial charge is 0.376 e. The molecule has 5 rings (SSSR count). The number of nitroso groups, excluding NO2 is 1. The molecule has 7 heteroatoms. The van der Waals surface area contributed by atoms with Crippen LogP contribution < -0.4 is 10.1 Å². The van der Waals surface area contributed by atoms with Gasteiger partial charge in [-0.15, -0.1) is 0 Å². The van der Waals surface area contributed by atoms with E-state index in [1.807, 2.05) is 49.5 Å². The normalized spacial score (nSPS) is 25.9. The third kappa shape index (κ3) is 5.03. The van der Waals surface area contributed by atoms with E-state index in [1.54, 1.807) is 19.4 Å². The van der Waals surface area contributed by atoms with Gasteiger partial charge in [0, 0.05) is 28.4 Å². The Labute approximate surface area is 243 Å². The zero-order chi connectivity index (χ0) is 29.4. The van der Waals surface area contributed by atoms with Crippen molar-refractivity contribution in [3.05, 3.63) is 130 Å². The van der Waals surface area contributed by atoms with Crippen molar-refractivity contribution in [2.45, 2.75) is 45.9 Å². The molecule has 4 atom stereocenters. The van der Waals surface area contributed by atoms with Crippen molar-refractivity contribution >= 4 is 0 Å². The highest BCUT2D eigenvalue weighted by atomic mass is 19.1. The van der Waals surface area contributed by atoms with Gasteiger partial charge in [-0.05, 0) is 36.9 Å². The minimum Gasteiger partial charge on any atom is -0.497 e. The van der Waals surface area contributed by atoms with Gasteiger partial charge < -0.3 is 4.74 Å². The van der Waals surface area contributed by atoms with Gasteiger partial charge in [0.2, 0.25) is 0 Å². The molecule has 0 saturated heterocycles. The van der Waals surface area contributed by atoms with Crippen LogP contribution in [0.15, 0.2) is 103 Å². The fourth-order valence-electron chi connectivity index (χ4n) is 6.99. The van der Waals surface area contributed by atoms with Crippen molar-refractivity contribution in [2.75, 3.05) is 27.9 Å². The van der Waals surface area contributed by atoms with E-state index >= 15 is 4.39 Å². The van der Waals surface area contributed by atoms with Gasteiger partial charge in [-0.1, -0.05) is 75.4 Å². The van der Waals surface area contributed by atoms with Crippen LogP contribution in [0.2, 0.25) is 0 Å².